The lowest BCUT2D eigenvalue weighted by Gasteiger charge is -2.15. The molecule has 0 saturated heterocycles. The Hall–Kier alpha value is -6.64. The van der Waals surface area contributed by atoms with Gasteiger partial charge in [0.05, 0.1) is 11.0 Å². The number of hydrogen-bond donors (Lipinski definition) is 2. The molecule has 0 amide bonds. The van der Waals surface area contributed by atoms with Crippen molar-refractivity contribution in [2.75, 3.05) is 0 Å². The number of rotatable bonds is 3. The van der Waals surface area contributed by atoms with Gasteiger partial charge < -0.3 is 9.97 Å². The molecule has 2 N–H and O–H groups in total. The van der Waals surface area contributed by atoms with Gasteiger partial charge >= 0.3 is 0 Å². The first-order chi connectivity index (χ1) is 24.8. The van der Waals surface area contributed by atoms with Crippen LogP contribution in [0.4, 0.5) is 0 Å². The summed E-state index contributed by atoms with van der Waals surface area (Å²) in [5.41, 5.74) is 11.8. The van der Waals surface area contributed by atoms with Gasteiger partial charge in [0.2, 0.25) is 0 Å². The summed E-state index contributed by atoms with van der Waals surface area (Å²) in [6, 6.07) is 62.3. The Bertz CT molecular complexity index is 2990. The third-order valence-corrected chi connectivity index (χ3v) is 10.7. The summed E-state index contributed by atoms with van der Waals surface area (Å²) < 4.78 is 0. The first-order valence-electron chi connectivity index (χ1n) is 17.3. The molecule has 0 radical (unpaired) electrons. The highest BCUT2D eigenvalue weighted by atomic mass is 14.7. The normalized spacial score (nSPS) is 12.0. The van der Waals surface area contributed by atoms with Gasteiger partial charge in [-0.1, -0.05) is 133 Å². The van der Waals surface area contributed by atoms with Crippen LogP contribution in [-0.2, 0) is 0 Å². The van der Waals surface area contributed by atoms with Crippen molar-refractivity contribution in [2.45, 2.75) is 0 Å². The molecule has 0 bridgehead atoms. The SMILES string of the molecule is c1ccc2c(c1)[nH]c1c(-c3cc(-c4ccc5c6ccccc6c6ccccc6c5c4)cc(-c4cccc5c4[nH]c4ccccc45)c3)cccc12. The van der Waals surface area contributed by atoms with E-state index in [0.29, 0.717) is 0 Å². The average molecular weight is 635 g/mol. The topological polar surface area (TPSA) is 31.6 Å². The van der Waals surface area contributed by atoms with E-state index in [9.17, 15) is 0 Å². The maximum absolute atomic E-state index is 3.77. The summed E-state index contributed by atoms with van der Waals surface area (Å²) in [5.74, 6) is 0. The maximum atomic E-state index is 3.77. The minimum atomic E-state index is 1.16. The molecule has 9 aromatic carbocycles. The van der Waals surface area contributed by atoms with Crippen molar-refractivity contribution in [2.24, 2.45) is 0 Å². The number of H-pyrrole nitrogens is 2. The molecule has 11 rings (SSSR count). The van der Waals surface area contributed by atoms with Crippen LogP contribution in [0.1, 0.15) is 0 Å². The van der Waals surface area contributed by atoms with Crippen LogP contribution in [-0.4, -0.2) is 9.97 Å². The minimum Gasteiger partial charge on any atom is -0.354 e. The van der Waals surface area contributed by atoms with Gasteiger partial charge in [-0.25, -0.2) is 0 Å². The van der Waals surface area contributed by atoms with Crippen LogP contribution in [0.5, 0.6) is 0 Å². The molecule has 0 aliphatic carbocycles. The van der Waals surface area contributed by atoms with Crippen molar-refractivity contribution in [3.8, 4) is 33.4 Å². The molecule has 2 heteroatoms. The van der Waals surface area contributed by atoms with E-state index in [1.54, 1.807) is 0 Å². The highest BCUT2D eigenvalue weighted by Gasteiger charge is 2.16. The number of aromatic amines is 2. The predicted octanol–water partition coefficient (Wildman–Crippen LogP) is 13.4. The van der Waals surface area contributed by atoms with Gasteiger partial charge in [0.15, 0.2) is 0 Å². The molecule has 50 heavy (non-hydrogen) atoms. The molecule has 0 atom stereocenters. The summed E-state index contributed by atoms with van der Waals surface area (Å²) in [6.45, 7) is 0. The molecule has 0 unspecified atom stereocenters. The fourth-order valence-corrected chi connectivity index (χ4v) is 8.42. The Morgan fingerprint density at radius 1 is 0.240 bits per heavy atom. The molecule has 0 spiro atoms. The molecule has 0 aliphatic rings. The number of hydrogen-bond acceptors (Lipinski definition) is 0. The molecule has 0 saturated carbocycles. The Labute approximate surface area is 288 Å². The first-order valence-corrected chi connectivity index (χ1v) is 17.3. The van der Waals surface area contributed by atoms with E-state index in [0.717, 1.165) is 22.1 Å². The largest absolute Gasteiger partial charge is 0.354 e. The van der Waals surface area contributed by atoms with Crippen molar-refractivity contribution in [1.82, 2.24) is 9.97 Å². The molecule has 11 aromatic rings. The van der Waals surface area contributed by atoms with Crippen LogP contribution < -0.4 is 0 Å². The van der Waals surface area contributed by atoms with E-state index in [1.807, 2.05) is 0 Å². The van der Waals surface area contributed by atoms with Crippen LogP contribution in [0.25, 0.3) is 109 Å². The van der Waals surface area contributed by atoms with Gasteiger partial charge in [0.1, 0.15) is 0 Å². The Balaban J connectivity index is 1.21. The first kappa shape index (κ1) is 27.3. The molecule has 0 fully saturated rings. The zero-order valence-electron chi connectivity index (χ0n) is 27.2. The zero-order chi connectivity index (χ0) is 32.8. The number of aromatic nitrogens is 2. The van der Waals surface area contributed by atoms with Gasteiger partial charge in [-0.3, -0.25) is 0 Å². The molecular weight excluding hydrogens is 605 g/mol. The quantitative estimate of drug-likeness (QED) is 0.181. The number of benzene rings is 9. The van der Waals surface area contributed by atoms with Crippen molar-refractivity contribution in [1.29, 1.82) is 0 Å². The second-order valence-corrected chi connectivity index (χ2v) is 13.4. The van der Waals surface area contributed by atoms with Crippen molar-refractivity contribution in [3.05, 3.63) is 170 Å². The average Bonchev–Trinajstić information content (AvgIpc) is 3.76. The van der Waals surface area contributed by atoms with E-state index < -0.39 is 0 Å². The number of nitrogens with one attached hydrogen (secondary N) is 2. The van der Waals surface area contributed by atoms with Crippen LogP contribution in [0.15, 0.2) is 170 Å². The van der Waals surface area contributed by atoms with Crippen LogP contribution in [0.2, 0.25) is 0 Å². The molecule has 2 aromatic heterocycles. The third-order valence-electron chi connectivity index (χ3n) is 10.7. The van der Waals surface area contributed by atoms with Crippen molar-refractivity contribution in [3.63, 3.8) is 0 Å². The summed E-state index contributed by atoms with van der Waals surface area (Å²) in [4.78, 5) is 7.53. The smallest absolute Gasteiger partial charge is 0.0544 e. The van der Waals surface area contributed by atoms with Gasteiger partial charge in [0.25, 0.3) is 0 Å². The van der Waals surface area contributed by atoms with Gasteiger partial charge in [0, 0.05) is 43.7 Å². The van der Waals surface area contributed by atoms with Crippen LogP contribution in [0, 0.1) is 0 Å². The van der Waals surface area contributed by atoms with E-state index in [2.05, 4.69) is 180 Å². The monoisotopic (exact) mass is 634 g/mol. The standard InChI is InChI=1S/C48H30N2/c1-2-13-37-35(11-1)36-12-3-4-14-38(36)44-28-29(23-24-39(37)44)30-25-31(33-17-9-19-42-40-15-5-7-21-45(40)49-47(33)42)27-32(26-30)34-18-10-20-43-41-16-6-8-22-46(41)50-48(34)43/h1-28,49-50H. The number of para-hydroxylation sites is 4. The third kappa shape index (κ3) is 3.96. The van der Waals surface area contributed by atoms with Crippen LogP contribution >= 0.6 is 0 Å². The zero-order valence-corrected chi connectivity index (χ0v) is 27.2. The second kappa shape index (κ2) is 10.4. The van der Waals surface area contributed by atoms with E-state index >= 15 is 0 Å². The highest BCUT2D eigenvalue weighted by Crippen LogP contribution is 2.42. The van der Waals surface area contributed by atoms with E-state index in [-0.39, 0.29) is 0 Å². The summed E-state index contributed by atoms with van der Waals surface area (Å²) in [5, 5.41) is 12.7. The number of fused-ring (bicyclic) bond motifs is 12. The summed E-state index contributed by atoms with van der Waals surface area (Å²) in [7, 11) is 0. The summed E-state index contributed by atoms with van der Waals surface area (Å²) in [6.07, 6.45) is 0. The van der Waals surface area contributed by atoms with Gasteiger partial charge in [-0.2, -0.15) is 0 Å². The molecule has 232 valence electrons. The highest BCUT2D eigenvalue weighted by molar-refractivity contribution is 6.26. The van der Waals surface area contributed by atoms with Gasteiger partial charge in [-0.05, 0) is 91.0 Å². The van der Waals surface area contributed by atoms with Crippen molar-refractivity contribution < 1.29 is 0 Å². The predicted molar refractivity (Wildman–Crippen MR) is 214 cm³/mol. The molecule has 2 nitrogen and oxygen atoms in total. The maximum Gasteiger partial charge on any atom is 0.0544 e. The van der Waals surface area contributed by atoms with E-state index in [4.69, 9.17) is 0 Å². The van der Waals surface area contributed by atoms with E-state index in [1.165, 1.54) is 87.2 Å². The fraction of sp³-hybridized carbons (Fsp3) is 0. The second-order valence-electron chi connectivity index (χ2n) is 13.4. The van der Waals surface area contributed by atoms with Crippen molar-refractivity contribution >= 4 is 75.9 Å². The lowest BCUT2D eigenvalue weighted by atomic mass is 9.89. The molecule has 0 aliphatic heterocycles. The summed E-state index contributed by atoms with van der Waals surface area (Å²) >= 11 is 0. The van der Waals surface area contributed by atoms with Gasteiger partial charge in [-0.15, -0.1) is 0 Å². The molecular formula is C48H30N2. The lowest BCUT2D eigenvalue weighted by Crippen LogP contribution is -1.89. The molecule has 2 heterocycles. The fourth-order valence-electron chi connectivity index (χ4n) is 8.42. The lowest BCUT2D eigenvalue weighted by molar-refractivity contribution is 1.52. The Morgan fingerprint density at radius 2 is 0.640 bits per heavy atom. The minimum absolute atomic E-state index is 1.16. The Morgan fingerprint density at radius 3 is 1.16 bits per heavy atom. The van der Waals surface area contributed by atoms with Crippen LogP contribution in [0.3, 0.4) is 0 Å². The Kier molecular flexibility index (Phi) is 5.70.